The van der Waals surface area contributed by atoms with E-state index in [0.29, 0.717) is 0 Å². The molecule has 0 amide bonds. The number of anilines is 1. The quantitative estimate of drug-likeness (QED) is 0.852. The van der Waals surface area contributed by atoms with Crippen LogP contribution >= 0.6 is 0 Å². The van der Waals surface area contributed by atoms with Crippen LogP contribution in [0.1, 0.15) is 24.1 Å². The maximum atomic E-state index is 12.4. The third kappa shape index (κ3) is 4.13. The minimum Gasteiger partial charge on any atom is -0.404 e. The molecule has 0 N–H and O–H groups in total. The predicted molar refractivity (Wildman–Crippen MR) is 78.9 cm³/mol. The number of nitriles is 1. The molecule has 7 heteroatoms. The Hall–Kier alpha value is -2.75. The second-order valence-corrected chi connectivity index (χ2v) is 4.90. The van der Waals surface area contributed by atoms with Crippen molar-refractivity contribution in [2.75, 3.05) is 11.9 Å². The smallest absolute Gasteiger partial charge is 0.404 e. The average Bonchev–Trinajstić information content (AvgIpc) is 2.52. The van der Waals surface area contributed by atoms with E-state index in [9.17, 15) is 13.2 Å². The van der Waals surface area contributed by atoms with Gasteiger partial charge in [-0.15, -0.1) is 13.2 Å². The van der Waals surface area contributed by atoms with E-state index in [4.69, 9.17) is 5.26 Å². The van der Waals surface area contributed by atoms with Gasteiger partial charge in [-0.3, -0.25) is 0 Å². The summed E-state index contributed by atoms with van der Waals surface area (Å²) in [4.78, 5) is 5.75. The first-order valence-electron chi connectivity index (χ1n) is 6.75. The number of nitrogens with zero attached hydrogens (tertiary/aromatic N) is 3. The molecule has 1 aromatic carbocycles. The Kier molecular flexibility index (Phi) is 4.74. The van der Waals surface area contributed by atoms with Crippen molar-refractivity contribution in [1.29, 1.82) is 5.26 Å². The second kappa shape index (κ2) is 6.57. The molecule has 0 radical (unpaired) electrons. The molecule has 120 valence electrons. The maximum Gasteiger partial charge on any atom is 0.573 e. The van der Waals surface area contributed by atoms with Crippen LogP contribution < -0.4 is 9.64 Å². The second-order valence-electron chi connectivity index (χ2n) is 4.90. The minimum atomic E-state index is -4.87. The molecule has 1 atom stereocenters. The average molecular weight is 321 g/mol. The summed E-state index contributed by atoms with van der Waals surface area (Å²) in [7, 11) is 1.71. The zero-order valence-corrected chi connectivity index (χ0v) is 12.5. The summed E-state index contributed by atoms with van der Waals surface area (Å²) in [6, 6.07) is 12.1. The van der Waals surface area contributed by atoms with Gasteiger partial charge in [0.25, 0.3) is 0 Å². The van der Waals surface area contributed by atoms with Crippen molar-refractivity contribution in [1.82, 2.24) is 4.98 Å². The molecule has 1 heterocycles. The van der Waals surface area contributed by atoms with E-state index < -0.39 is 12.1 Å². The van der Waals surface area contributed by atoms with Crippen LogP contribution in [0.15, 0.2) is 42.6 Å². The van der Waals surface area contributed by atoms with E-state index in [1.807, 2.05) is 37.3 Å². The number of hydrogen-bond acceptors (Lipinski definition) is 4. The molecule has 1 aromatic heterocycles. The van der Waals surface area contributed by atoms with Crippen LogP contribution in [0.3, 0.4) is 0 Å². The fourth-order valence-corrected chi connectivity index (χ4v) is 2.07. The highest BCUT2D eigenvalue weighted by molar-refractivity contribution is 5.52. The number of aromatic nitrogens is 1. The van der Waals surface area contributed by atoms with Crippen LogP contribution in [-0.4, -0.2) is 18.4 Å². The number of rotatable bonds is 4. The summed E-state index contributed by atoms with van der Waals surface area (Å²) in [5, 5.41) is 8.88. The molecule has 2 aromatic rings. The van der Waals surface area contributed by atoms with Crippen molar-refractivity contribution in [3.63, 3.8) is 0 Å². The van der Waals surface area contributed by atoms with Gasteiger partial charge in [-0.05, 0) is 12.5 Å². The van der Waals surface area contributed by atoms with Gasteiger partial charge in [0.1, 0.15) is 17.5 Å². The summed E-state index contributed by atoms with van der Waals surface area (Å²) in [5.41, 5.74) is 0.714. The van der Waals surface area contributed by atoms with E-state index in [1.165, 1.54) is 0 Å². The molecule has 0 aliphatic heterocycles. The third-order valence-corrected chi connectivity index (χ3v) is 3.42. The summed E-state index contributed by atoms with van der Waals surface area (Å²) in [5.74, 6) is -0.281. The molecular formula is C16H14F3N3O. The molecule has 0 aliphatic carbocycles. The van der Waals surface area contributed by atoms with Crippen LogP contribution in [0.2, 0.25) is 0 Å². The van der Waals surface area contributed by atoms with Crippen molar-refractivity contribution in [3.05, 3.63) is 53.7 Å². The summed E-state index contributed by atoms with van der Waals surface area (Å²) in [6.07, 6.45) is -3.79. The number of hydrogen-bond donors (Lipinski definition) is 0. The van der Waals surface area contributed by atoms with Gasteiger partial charge in [-0.25, -0.2) is 4.98 Å². The standard InChI is InChI=1S/C16H14F3N3O/c1-11(12-6-4-3-5-7-12)22(2)15-8-14(23-16(17,18)19)13(9-20)10-21-15/h3-8,10-11H,1-2H3. The normalized spacial score (nSPS) is 12.3. The number of alkyl halides is 3. The fourth-order valence-electron chi connectivity index (χ4n) is 2.07. The van der Waals surface area contributed by atoms with E-state index in [2.05, 4.69) is 9.72 Å². The largest absolute Gasteiger partial charge is 0.573 e. The number of pyridine rings is 1. The molecule has 0 saturated heterocycles. The molecule has 1 unspecified atom stereocenters. The van der Waals surface area contributed by atoms with Crippen molar-refractivity contribution >= 4 is 5.82 Å². The van der Waals surface area contributed by atoms with Gasteiger partial charge < -0.3 is 9.64 Å². The zero-order valence-electron chi connectivity index (χ0n) is 12.5. The van der Waals surface area contributed by atoms with Gasteiger partial charge >= 0.3 is 6.36 Å². The molecule has 4 nitrogen and oxygen atoms in total. The van der Waals surface area contributed by atoms with Gasteiger partial charge in [0.05, 0.1) is 12.2 Å². The molecule has 0 aliphatic rings. The van der Waals surface area contributed by atoms with Gasteiger partial charge in [0.2, 0.25) is 0 Å². The summed E-state index contributed by atoms with van der Waals surface area (Å²) < 4.78 is 41.3. The van der Waals surface area contributed by atoms with Crippen molar-refractivity contribution in [3.8, 4) is 11.8 Å². The van der Waals surface area contributed by atoms with Crippen molar-refractivity contribution < 1.29 is 17.9 Å². The lowest BCUT2D eigenvalue weighted by atomic mass is 10.1. The molecule has 0 fully saturated rings. The van der Waals surface area contributed by atoms with Crippen LogP contribution in [-0.2, 0) is 0 Å². The van der Waals surface area contributed by atoms with Crippen molar-refractivity contribution in [2.24, 2.45) is 0 Å². The minimum absolute atomic E-state index is 0.115. The first kappa shape index (κ1) is 16.6. The Morgan fingerprint density at radius 3 is 2.48 bits per heavy atom. The molecule has 0 spiro atoms. The third-order valence-electron chi connectivity index (χ3n) is 3.42. The van der Waals surface area contributed by atoms with Crippen LogP contribution in [0.5, 0.6) is 5.75 Å². The fraction of sp³-hybridized carbons (Fsp3) is 0.250. The first-order chi connectivity index (χ1) is 10.8. The number of benzene rings is 1. The number of halogens is 3. The Morgan fingerprint density at radius 2 is 1.91 bits per heavy atom. The zero-order chi connectivity index (χ0) is 17.0. The highest BCUT2D eigenvalue weighted by Crippen LogP contribution is 2.31. The monoisotopic (exact) mass is 321 g/mol. The topological polar surface area (TPSA) is 49.1 Å². The van der Waals surface area contributed by atoms with Gasteiger partial charge in [-0.1, -0.05) is 30.3 Å². The lowest BCUT2D eigenvalue weighted by molar-refractivity contribution is -0.274. The Bertz CT molecular complexity index is 711. The van der Waals surface area contributed by atoms with E-state index >= 15 is 0 Å². The Balaban J connectivity index is 2.32. The van der Waals surface area contributed by atoms with Gasteiger partial charge in [0.15, 0.2) is 5.75 Å². The van der Waals surface area contributed by atoms with Crippen molar-refractivity contribution in [2.45, 2.75) is 19.3 Å². The molecule has 23 heavy (non-hydrogen) atoms. The number of ether oxygens (including phenoxy) is 1. The van der Waals surface area contributed by atoms with E-state index in [0.717, 1.165) is 17.8 Å². The summed E-state index contributed by atoms with van der Waals surface area (Å²) >= 11 is 0. The highest BCUT2D eigenvalue weighted by atomic mass is 19.4. The lowest BCUT2D eigenvalue weighted by Crippen LogP contribution is -2.23. The van der Waals surface area contributed by atoms with Gasteiger partial charge in [-0.2, -0.15) is 5.26 Å². The lowest BCUT2D eigenvalue weighted by Gasteiger charge is -2.26. The molecule has 2 rings (SSSR count). The van der Waals surface area contributed by atoms with Gasteiger partial charge in [0, 0.05) is 13.1 Å². The maximum absolute atomic E-state index is 12.4. The highest BCUT2D eigenvalue weighted by Gasteiger charge is 2.32. The predicted octanol–water partition coefficient (Wildman–Crippen LogP) is 4.05. The molecule has 0 bridgehead atoms. The van der Waals surface area contributed by atoms with E-state index in [1.54, 1.807) is 18.0 Å². The molecular weight excluding hydrogens is 307 g/mol. The molecule has 0 saturated carbocycles. The SMILES string of the molecule is CC(c1ccccc1)N(C)c1cc(OC(F)(F)F)c(C#N)cn1. The van der Waals surface area contributed by atoms with E-state index in [-0.39, 0.29) is 17.4 Å². The Labute approximate surface area is 131 Å². The van der Waals surface area contributed by atoms with Crippen LogP contribution in [0.4, 0.5) is 19.0 Å². The van der Waals surface area contributed by atoms with Crippen LogP contribution in [0, 0.1) is 11.3 Å². The Morgan fingerprint density at radius 1 is 1.26 bits per heavy atom. The summed E-state index contributed by atoms with van der Waals surface area (Å²) in [6.45, 7) is 1.90. The first-order valence-corrected chi connectivity index (χ1v) is 6.75. The van der Waals surface area contributed by atoms with Crippen LogP contribution in [0.25, 0.3) is 0 Å².